The zero-order valence-corrected chi connectivity index (χ0v) is 37.3. The van der Waals surface area contributed by atoms with Gasteiger partial charge in [-0.2, -0.15) is 0 Å². The number of amides is 1. The van der Waals surface area contributed by atoms with Crippen molar-refractivity contribution in [1.29, 1.82) is 0 Å². The Hall–Kier alpha value is -5.44. The van der Waals surface area contributed by atoms with Crippen molar-refractivity contribution < 1.29 is 27.6 Å². The summed E-state index contributed by atoms with van der Waals surface area (Å²) in [5.41, 5.74) is 5.86. The quantitative estimate of drug-likeness (QED) is 0.0965. The van der Waals surface area contributed by atoms with Gasteiger partial charge in [-0.05, 0) is 84.6 Å². The summed E-state index contributed by atoms with van der Waals surface area (Å²) in [5, 5.41) is 13.9. The van der Waals surface area contributed by atoms with E-state index in [2.05, 4.69) is 50.5 Å². The van der Waals surface area contributed by atoms with Crippen molar-refractivity contribution in [1.82, 2.24) is 19.6 Å². The Kier molecular flexibility index (Phi) is 12.0. The van der Waals surface area contributed by atoms with E-state index in [4.69, 9.17) is 21.1 Å². The molecule has 2 N–H and O–H groups in total. The number of nitrogens with one attached hydrogen (secondary N) is 2. The van der Waals surface area contributed by atoms with Crippen LogP contribution in [0.4, 0.5) is 11.4 Å². The van der Waals surface area contributed by atoms with Gasteiger partial charge in [-0.3, -0.25) is 19.8 Å². The molecular weight excluding hydrogens is 840 g/mol. The van der Waals surface area contributed by atoms with Crippen LogP contribution in [-0.4, -0.2) is 73.4 Å². The topological polar surface area (TPSA) is 160 Å². The van der Waals surface area contributed by atoms with Crippen molar-refractivity contribution in [2.24, 2.45) is 17.3 Å². The number of benzene rings is 3. The fraction of sp³-hybridized carbons (Fsp3) is 0.417. The van der Waals surface area contributed by atoms with Gasteiger partial charge in [-0.25, -0.2) is 18.1 Å². The maximum atomic E-state index is 14.1. The third-order valence-electron chi connectivity index (χ3n) is 13.5. The minimum Gasteiger partial charge on any atom is -0.493 e. The van der Waals surface area contributed by atoms with Gasteiger partial charge in [-0.1, -0.05) is 75.3 Å². The summed E-state index contributed by atoms with van der Waals surface area (Å²) in [6, 6.07) is 19.2. The second kappa shape index (κ2) is 17.6. The number of halogens is 1. The van der Waals surface area contributed by atoms with Crippen LogP contribution >= 0.6 is 11.6 Å². The minimum absolute atomic E-state index is 0.0317. The monoisotopic (exact) mass is 892 g/mol. The lowest BCUT2D eigenvalue weighted by molar-refractivity contribution is -0.386. The molecule has 1 amide bonds. The van der Waals surface area contributed by atoms with Crippen molar-refractivity contribution >= 4 is 55.5 Å². The minimum atomic E-state index is -4.60. The molecule has 1 saturated carbocycles. The summed E-state index contributed by atoms with van der Waals surface area (Å²) in [6.45, 7) is 9.02. The lowest BCUT2D eigenvalue weighted by Crippen LogP contribution is -2.47. The molecule has 9 rings (SSSR count). The smallest absolute Gasteiger partial charge is 0.277 e. The van der Waals surface area contributed by atoms with Crippen molar-refractivity contribution in [2.75, 3.05) is 44.2 Å². The second-order valence-electron chi connectivity index (χ2n) is 18.3. The molecule has 4 aliphatic rings. The van der Waals surface area contributed by atoms with Crippen molar-refractivity contribution in [2.45, 2.75) is 76.5 Å². The number of aromatic amines is 1. The third kappa shape index (κ3) is 9.44. The number of pyridine rings is 1. The molecule has 0 unspecified atom stereocenters. The first-order valence-electron chi connectivity index (χ1n) is 22.0. The van der Waals surface area contributed by atoms with E-state index in [1.54, 1.807) is 30.5 Å². The molecule has 3 aromatic carbocycles. The number of piperazine rings is 1. The largest absolute Gasteiger partial charge is 0.493 e. The average Bonchev–Trinajstić information content (AvgIpc) is 3.74. The number of nitrogens with zero attached hydrogens (tertiary/aromatic N) is 4. The van der Waals surface area contributed by atoms with Crippen LogP contribution in [0.2, 0.25) is 5.02 Å². The summed E-state index contributed by atoms with van der Waals surface area (Å²) >= 11 is 6.24. The normalized spacial score (nSPS) is 19.7. The molecule has 2 fully saturated rings. The molecule has 5 aromatic rings. The first kappa shape index (κ1) is 42.8. The number of allylic oxidation sites excluding steroid dienone is 1. The van der Waals surface area contributed by atoms with Gasteiger partial charge < -0.3 is 19.4 Å². The molecule has 0 spiro atoms. The number of ether oxygens (including phenoxy) is 2. The number of nitro groups is 1. The maximum Gasteiger partial charge on any atom is 0.277 e. The standard InChI is InChI=1S/C48H53ClN6O7S/c1-48(2)16-14-40(32-8-10-36(49)11-9-32)35(27-48)29-53-18-20-54(21-19-53)37-12-13-41(45(24-37)62-38-22-33-15-17-50-46(33)51-28-38)47(56)52-63(59,60)39-25-43(55(57)58)42-23-34(30-61-44(42)26-39)31-6-4-3-5-7-31/h8-13,15,17,22,24-26,28,31,34H,3-7,14,16,18-21,23,27,29-30H2,1-2H3,(H,50,51)(H,52,56)/t34-/m0/s1. The number of carbonyl (C=O) groups is 1. The predicted molar refractivity (Wildman–Crippen MR) is 244 cm³/mol. The second-order valence-corrected chi connectivity index (χ2v) is 20.5. The number of hydrogen-bond acceptors (Lipinski definition) is 10. The Morgan fingerprint density at radius 2 is 1.79 bits per heavy atom. The van der Waals surface area contributed by atoms with Crippen molar-refractivity contribution in [3.8, 4) is 17.2 Å². The number of fused-ring (bicyclic) bond motifs is 2. The Balaban J connectivity index is 0.950. The Morgan fingerprint density at radius 1 is 1.02 bits per heavy atom. The van der Waals surface area contributed by atoms with E-state index in [-0.39, 0.29) is 34.1 Å². The van der Waals surface area contributed by atoms with E-state index in [0.29, 0.717) is 35.9 Å². The highest BCUT2D eigenvalue weighted by atomic mass is 35.5. The fourth-order valence-corrected chi connectivity index (χ4v) is 11.1. The molecule has 13 nitrogen and oxygen atoms in total. The Labute approximate surface area is 373 Å². The number of carbonyl (C=O) groups excluding carboxylic acids is 1. The fourth-order valence-electron chi connectivity index (χ4n) is 10.0. The number of aromatic nitrogens is 2. The van der Waals surface area contributed by atoms with Crippen LogP contribution in [0, 0.1) is 27.4 Å². The summed E-state index contributed by atoms with van der Waals surface area (Å²) in [7, 11) is -4.60. The maximum absolute atomic E-state index is 14.1. The van der Waals surface area contributed by atoms with Gasteiger partial charge in [0.1, 0.15) is 22.9 Å². The first-order chi connectivity index (χ1) is 30.3. The highest BCUT2D eigenvalue weighted by molar-refractivity contribution is 7.90. The van der Waals surface area contributed by atoms with Crippen LogP contribution in [0.25, 0.3) is 16.6 Å². The van der Waals surface area contributed by atoms with Gasteiger partial charge in [0, 0.05) is 79.1 Å². The number of anilines is 1. The van der Waals surface area contributed by atoms with Gasteiger partial charge in [0.2, 0.25) is 0 Å². The number of sulfonamides is 1. The first-order valence-corrected chi connectivity index (χ1v) is 23.9. The molecule has 1 saturated heterocycles. The SMILES string of the molecule is CC1(C)CCC(c2ccc(Cl)cc2)=C(CN2CCN(c3ccc(C(=O)NS(=O)(=O)c4cc5c(c([N+](=O)[O-])c4)C[C@H](C4CCCCC4)CO5)c(Oc4cnc5[nH]ccc5c4)c3)CC2)C1. The van der Waals surface area contributed by atoms with Gasteiger partial charge in [0.25, 0.3) is 21.6 Å². The molecule has 63 heavy (non-hydrogen) atoms. The van der Waals surface area contributed by atoms with Crippen molar-refractivity contribution in [3.05, 3.63) is 117 Å². The summed E-state index contributed by atoms with van der Waals surface area (Å²) in [5.74, 6) is 0.236. The Bertz CT molecular complexity index is 2680. The lowest BCUT2D eigenvalue weighted by Gasteiger charge is -2.39. The van der Waals surface area contributed by atoms with E-state index < -0.39 is 25.7 Å². The van der Waals surface area contributed by atoms with Gasteiger partial charge in [0.05, 0.1) is 33.7 Å². The predicted octanol–water partition coefficient (Wildman–Crippen LogP) is 9.95. The molecule has 0 radical (unpaired) electrons. The molecule has 15 heteroatoms. The zero-order chi connectivity index (χ0) is 43.9. The third-order valence-corrected chi connectivity index (χ3v) is 15.0. The molecule has 1 atom stereocenters. The van der Waals surface area contributed by atoms with Crippen LogP contribution in [0.1, 0.15) is 86.7 Å². The molecular formula is C48H53ClN6O7S. The van der Waals surface area contributed by atoms with Crippen molar-refractivity contribution in [3.63, 3.8) is 0 Å². The van der Waals surface area contributed by atoms with Crippen LogP contribution in [0.15, 0.2) is 89.6 Å². The molecule has 2 aromatic heterocycles. The average molecular weight is 894 g/mol. The summed E-state index contributed by atoms with van der Waals surface area (Å²) in [4.78, 5) is 37.7. The highest BCUT2D eigenvalue weighted by Crippen LogP contribution is 2.44. The van der Waals surface area contributed by atoms with E-state index in [1.807, 2.05) is 18.2 Å². The van der Waals surface area contributed by atoms with E-state index in [9.17, 15) is 23.3 Å². The van der Waals surface area contributed by atoms with Crippen LogP contribution in [0.5, 0.6) is 17.2 Å². The van der Waals surface area contributed by atoms with E-state index in [0.717, 1.165) is 99.8 Å². The lowest BCUT2D eigenvalue weighted by atomic mass is 9.73. The van der Waals surface area contributed by atoms with E-state index >= 15 is 0 Å². The Morgan fingerprint density at radius 3 is 2.56 bits per heavy atom. The van der Waals surface area contributed by atoms with E-state index in [1.165, 1.54) is 35.4 Å². The summed E-state index contributed by atoms with van der Waals surface area (Å²) in [6.07, 6.45) is 12.5. The van der Waals surface area contributed by atoms with Crippen LogP contribution < -0.4 is 19.1 Å². The number of hydrogen-bond donors (Lipinski definition) is 2. The highest BCUT2D eigenvalue weighted by Gasteiger charge is 2.36. The van der Waals surface area contributed by atoms with Gasteiger partial charge in [0.15, 0.2) is 0 Å². The van der Waals surface area contributed by atoms with Gasteiger partial charge >= 0.3 is 0 Å². The number of nitro benzene ring substituents is 1. The number of H-pyrrole nitrogens is 1. The van der Waals surface area contributed by atoms with Gasteiger partial charge in [-0.15, -0.1) is 0 Å². The van der Waals surface area contributed by atoms with Crippen LogP contribution in [-0.2, 0) is 16.4 Å². The summed E-state index contributed by atoms with van der Waals surface area (Å²) < 4.78 is 42.4. The molecule has 0 bridgehead atoms. The molecule has 2 aliphatic carbocycles. The number of rotatable bonds is 11. The molecule has 4 heterocycles. The zero-order valence-electron chi connectivity index (χ0n) is 35.7. The molecule has 2 aliphatic heterocycles. The molecule has 330 valence electrons. The van der Waals surface area contributed by atoms with Crippen LogP contribution in [0.3, 0.4) is 0 Å².